The summed E-state index contributed by atoms with van der Waals surface area (Å²) >= 11 is 3.26. The molecule has 0 aliphatic carbocycles. The van der Waals surface area contributed by atoms with E-state index in [9.17, 15) is 9.18 Å². The zero-order chi connectivity index (χ0) is 12.8. The molecule has 0 heterocycles. The minimum absolute atomic E-state index is 0.0580. The first kappa shape index (κ1) is 14.3. The molecule has 0 saturated heterocycles. The van der Waals surface area contributed by atoms with Gasteiger partial charge in [-0.3, -0.25) is 4.79 Å². The van der Waals surface area contributed by atoms with Crippen molar-refractivity contribution in [3.05, 3.63) is 34.1 Å². The van der Waals surface area contributed by atoms with Gasteiger partial charge in [-0.05, 0) is 43.5 Å². The second-order valence-corrected chi connectivity index (χ2v) is 5.24. The SMILES string of the molecule is CC(N)CCCC(=O)Cc1cc(Br)ccc1F. The molecule has 1 atom stereocenters. The minimum atomic E-state index is -0.325. The molecule has 0 aliphatic heterocycles. The van der Waals surface area contributed by atoms with Crippen LogP contribution >= 0.6 is 15.9 Å². The molecular weight excluding hydrogens is 285 g/mol. The molecular formula is C13H17BrFNO. The second-order valence-electron chi connectivity index (χ2n) is 4.32. The molecule has 17 heavy (non-hydrogen) atoms. The number of benzene rings is 1. The largest absolute Gasteiger partial charge is 0.328 e. The third-order valence-corrected chi connectivity index (χ3v) is 3.00. The molecule has 0 amide bonds. The van der Waals surface area contributed by atoms with Crippen LogP contribution in [-0.4, -0.2) is 11.8 Å². The normalized spacial score (nSPS) is 12.5. The highest BCUT2D eigenvalue weighted by Gasteiger charge is 2.09. The molecule has 0 spiro atoms. The maximum absolute atomic E-state index is 13.4. The smallest absolute Gasteiger partial charge is 0.137 e. The fourth-order valence-electron chi connectivity index (χ4n) is 1.60. The summed E-state index contributed by atoms with van der Waals surface area (Å²) in [5.41, 5.74) is 6.05. The highest BCUT2D eigenvalue weighted by molar-refractivity contribution is 9.10. The Kier molecular flexibility index (Phi) is 5.78. The van der Waals surface area contributed by atoms with Gasteiger partial charge >= 0.3 is 0 Å². The number of nitrogens with two attached hydrogens (primary N) is 1. The molecule has 0 saturated carbocycles. The fraction of sp³-hybridized carbons (Fsp3) is 0.462. The zero-order valence-electron chi connectivity index (χ0n) is 9.88. The molecule has 4 heteroatoms. The Morgan fingerprint density at radius 1 is 1.53 bits per heavy atom. The van der Waals surface area contributed by atoms with Crippen LogP contribution in [-0.2, 0) is 11.2 Å². The van der Waals surface area contributed by atoms with Crippen LogP contribution in [0.5, 0.6) is 0 Å². The maximum atomic E-state index is 13.4. The highest BCUT2D eigenvalue weighted by atomic mass is 79.9. The monoisotopic (exact) mass is 301 g/mol. The summed E-state index contributed by atoms with van der Waals surface area (Å²) in [6.07, 6.45) is 2.22. The average Bonchev–Trinajstić information content (AvgIpc) is 2.23. The Bertz CT molecular complexity index is 393. The predicted molar refractivity (Wildman–Crippen MR) is 70.3 cm³/mol. The van der Waals surface area contributed by atoms with Crippen molar-refractivity contribution < 1.29 is 9.18 Å². The van der Waals surface area contributed by atoms with Gasteiger partial charge in [0.2, 0.25) is 0 Å². The van der Waals surface area contributed by atoms with Crippen molar-refractivity contribution in [2.75, 3.05) is 0 Å². The van der Waals surface area contributed by atoms with E-state index in [-0.39, 0.29) is 24.1 Å². The van der Waals surface area contributed by atoms with Crippen LogP contribution in [0.3, 0.4) is 0 Å². The Morgan fingerprint density at radius 2 is 2.24 bits per heavy atom. The first-order valence-electron chi connectivity index (χ1n) is 5.70. The van der Waals surface area contributed by atoms with E-state index in [2.05, 4.69) is 15.9 Å². The lowest BCUT2D eigenvalue weighted by atomic mass is 10.0. The van der Waals surface area contributed by atoms with Gasteiger partial charge in [0, 0.05) is 23.4 Å². The Hall–Kier alpha value is -0.740. The van der Waals surface area contributed by atoms with Crippen LogP contribution in [0.1, 0.15) is 31.7 Å². The summed E-state index contributed by atoms with van der Waals surface area (Å²) in [7, 11) is 0. The number of hydrogen-bond donors (Lipinski definition) is 1. The number of carbonyl (C=O) groups is 1. The fourth-order valence-corrected chi connectivity index (χ4v) is 2.01. The minimum Gasteiger partial charge on any atom is -0.328 e. The van der Waals surface area contributed by atoms with E-state index in [1.807, 2.05) is 6.92 Å². The third kappa shape index (κ3) is 5.41. The number of hydrogen-bond acceptors (Lipinski definition) is 2. The second kappa shape index (κ2) is 6.87. The number of halogens is 2. The molecule has 0 bridgehead atoms. The summed E-state index contributed by atoms with van der Waals surface area (Å²) in [4.78, 5) is 11.6. The van der Waals surface area contributed by atoms with Gasteiger partial charge in [-0.15, -0.1) is 0 Å². The highest BCUT2D eigenvalue weighted by Crippen LogP contribution is 2.17. The quantitative estimate of drug-likeness (QED) is 0.877. The van der Waals surface area contributed by atoms with Crippen molar-refractivity contribution in [3.8, 4) is 0 Å². The van der Waals surface area contributed by atoms with Gasteiger partial charge in [0.25, 0.3) is 0 Å². The molecule has 0 radical (unpaired) electrons. The van der Waals surface area contributed by atoms with Gasteiger partial charge in [-0.25, -0.2) is 4.39 Å². The van der Waals surface area contributed by atoms with Crippen LogP contribution < -0.4 is 5.73 Å². The van der Waals surface area contributed by atoms with Crippen molar-refractivity contribution in [3.63, 3.8) is 0 Å². The van der Waals surface area contributed by atoms with E-state index in [0.717, 1.165) is 17.3 Å². The first-order chi connectivity index (χ1) is 7.99. The lowest BCUT2D eigenvalue weighted by Gasteiger charge is -2.05. The van der Waals surface area contributed by atoms with Crippen molar-refractivity contribution in [1.82, 2.24) is 0 Å². The van der Waals surface area contributed by atoms with Crippen LogP contribution in [0.4, 0.5) is 4.39 Å². The van der Waals surface area contributed by atoms with Crippen molar-refractivity contribution in [2.24, 2.45) is 5.73 Å². The van der Waals surface area contributed by atoms with Gasteiger partial charge in [0.05, 0.1) is 0 Å². The molecule has 1 aromatic carbocycles. The number of rotatable bonds is 6. The molecule has 0 fully saturated rings. The van der Waals surface area contributed by atoms with Crippen LogP contribution in [0.15, 0.2) is 22.7 Å². The standard InChI is InChI=1S/C13H17BrFNO/c1-9(16)3-2-4-12(17)8-10-7-11(14)5-6-13(10)15/h5-7,9H,2-4,8,16H2,1H3. The molecule has 94 valence electrons. The molecule has 1 aromatic rings. The number of Topliss-reactive ketones (excluding diaryl/α,β-unsaturated/α-hetero) is 1. The average molecular weight is 302 g/mol. The summed E-state index contributed by atoms with van der Waals surface area (Å²) in [6, 6.07) is 4.76. The molecule has 2 N–H and O–H groups in total. The zero-order valence-corrected chi connectivity index (χ0v) is 11.5. The van der Waals surface area contributed by atoms with E-state index < -0.39 is 0 Å². The van der Waals surface area contributed by atoms with Gasteiger partial charge in [0.15, 0.2) is 0 Å². The Labute approximate surface area is 110 Å². The molecule has 0 aliphatic rings. The van der Waals surface area contributed by atoms with E-state index in [4.69, 9.17) is 5.73 Å². The molecule has 1 unspecified atom stereocenters. The van der Waals surface area contributed by atoms with Gasteiger partial charge in [-0.2, -0.15) is 0 Å². The molecule has 2 nitrogen and oxygen atoms in total. The van der Waals surface area contributed by atoms with Crippen LogP contribution in [0.2, 0.25) is 0 Å². The van der Waals surface area contributed by atoms with E-state index in [0.29, 0.717) is 12.0 Å². The molecule has 1 rings (SSSR count). The lowest BCUT2D eigenvalue weighted by Crippen LogP contribution is -2.15. The summed E-state index contributed by atoms with van der Waals surface area (Å²) in [6.45, 7) is 1.92. The Morgan fingerprint density at radius 3 is 2.88 bits per heavy atom. The van der Waals surface area contributed by atoms with Crippen LogP contribution in [0.25, 0.3) is 0 Å². The number of carbonyl (C=O) groups excluding carboxylic acids is 1. The maximum Gasteiger partial charge on any atom is 0.137 e. The third-order valence-electron chi connectivity index (χ3n) is 2.51. The van der Waals surface area contributed by atoms with Crippen molar-refractivity contribution >= 4 is 21.7 Å². The van der Waals surface area contributed by atoms with E-state index >= 15 is 0 Å². The van der Waals surface area contributed by atoms with E-state index in [1.165, 1.54) is 6.07 Å². The Balaban J connectivity index is 2.47. The summed E-state index contributed by atoms with van der Waals surface area (Å²) < 4.78 is 14.2. The van der Waals surface area contributed by atoms with Crippen molar-refractivity contribution in [1.29, 1.82) is 0 Å². The predicted octanol–water partition coefficient (Wildman–Crippen LogP) is 3.22. The van der Waals surface area contributed by atoms with Crippen molar-refractivity contribution in [2.45, 2.75) is 38.6 Å². The molecule has 0 aromatic heterocycles. The van der Waals surface area contributed by atoms with Gasteiger partial charge in [-0.1, -0.05) is 15.9 Å². The van der Waals surface area contributed by atoms with Crippen LogP contribution in [0, 0.1) is 5.82 Å². The topological polar surface area (TPSA) is 43.1 Å². The van der Waals surface area contributed by atoms with Gasteiger partial charge < -0.3 is 5.73 Å². The first-order valence-corrected chi connectivity index (χ1v) is 6.49. The lowest BCUT2D eigenvalue weighted by molar-refractivity contribution is -0.118. The summed E-state index contributed by atoms with van der Waals surface area (Å²) in [5, 5.41) is 0. The van der Waals surface area contributed by atoms with Gasteiger partial charge in [0.1, 0.15) is 11.6 Å². The number of ketones is 1. The van der Waals surface area contributed by atoms with E-state index in [1.54, 1.807) is 12.1 Å². The summed E-state index contributed by atoms with van der Waals surface area (Å²) in [5.74, 6) is -0.267.